The zero-order valence-electron chi connectivity index (χ0n) is 9.80. The van der Waals surface area contributed by atoms with Gasteiger partial charge in [-0.05, 0) is 25.2 Å². The van der Waals surface area contributed by atoms with Crippen LogP contribution in [0.4, 0.5) is 0 Å². The number of hydrogen-bond acceptors (Lipinski definition) is 0. The molecule has 0 radical (unpaired) electrons. The third-order valence-corrected chi connectivity index (χ3v) is 3.34. The van der Waals surface area contributed by atoms with Gasteiger partial charge in [0.2, 0.25) is 0 Å². The van der Waals surface area contributed by atoms with Crippen molar-refractivity contribution in [2.24, 2.45) is 5.92 Å². The average Bonchev–Trinajstić information content (AvgIpc) is 2.25. The average molecular weight is 194 g/mol. The van der Waals surface area contributed by atoms with Gasteiger partial charge in [-0.1, -0.05) is 64.0 Å². The van der Waals surface area contributed by atoms with E-state index in [2.05, 4.69) is 19.1 Å². The molecule has 1 rings (SSSR count). The molecule has 1 atom stereocenters. The van der Waals surface area contributed by atoms with E-state index in [9.17, 15) is 0 Å². The Bertz CT molecular complexity index is 146. The first kappa shape index (κ1) is 11.8. The Morgan fingerprint density at radius 1 is 1.00 bits per heavy atom. The fourth-order valence-electron chi connectivity index (χ4n) is 2.33. The molecule has 0 N–H and O–H groups in total. The molecule has 0 nitrogen and oxygen atoms in total. The molecule has 82 valence electrons. The SMILES string of the molecule is CCCCCCCCC1CC=CCC1. The van der Waals surface area contributed by atoms with Crippen LogP contribution in [0.1, 0.15) is 71.1 Å². The van der Waals surface area contributed by atoms with E-state index in [0.29, 0.717) is 0 Å². The van der Waals surface area contributed by atoms with Crippen LogP contribution in [0, 0.1) is 5.92 Å². The molecule has 1 unspecified atom stereocenters. The van der Waals surface area contributed by atoms with Gasteiger partial charge in [0.25, 0.3) is 0 Å². The van der Waals surface area contributed by atoms with Gasteiger partial charge in [0.15, 0.2) is 0 Å². The highest BCUT2D eigenvalue weighted by Crippen LogP contribution is 2.23. The lowest BCUT2D eigenvalue weighted by Crippen LogP contribution is -2.01. The maximum atomic E-state index is 2.38. The first-order valence-electron chi connectivity index (χ1n) is 6.58. The lowest BCUT2D eigenvalue weighted by molar-refractivity contribution is 0.419. The molecule has 0 saturated carbocycles. The van der Waals surface area contributed by atoms with Crippen molar-refractivity contribution >= 4 is 0 Å². The minimum Gasteiger partial charge on any atom is -0.0885 e. The summed E-state index contributed by atoms with van der Waals surface area (Å²) in [5, 5.41) is 0. The molecular formula is C14H26. The first-order chi connectivity index (χ1) is 6.93. The zero-order chi connectivity index (χ0) is 10.1. The van der Waals surface area contributed by atoms with Crippen LogP contribution in [0.25, 0.3) is 0 Å². The van der Waals surface area contributed by atoms with Gasteiger partial charge in [0.05, 0.1) is 0 Å². The summed E-state index contributed by atoms with van der Waals surface area (Å²) < 4.78 is 0. The van der Waals surface area contributed by atoms with E-state index < -0.39 is 0 Å². The van der Waals surface area contributed by atoms with E-state index in [4.69, 9.17) is 0 Å². The van der Waals surface area contributed by atoms with Crippen molar-refractivity contribution < 1.29 is 0 Å². The standard InChI is InChI=1S/C14H26/c1-2-3-4-5-6-8-11-14-12-9-7-10-13-14/h7,9,14H,2-6,8,10-13H2,1H3. The second-order valence-electron chi connectivity index (χ2n) is 4.71. The van der Waals surface area contributed by atoms with Crippen molar-refractivity contribution in [3.63, 3.8) is 0 Å². The molecular weight excluding hydrogens is 168 g/mol. The Morgan fingerprint density at radius 3 is 2.50 bits per heavy atom. The van der Waals surface area contributed by atoms with E-state index in [1.54, 1.807) is 0 Å². The van der Waals surface area contributed by atoms with Crippen LogP contribution in [0.2, 0.25) is 0 Å². The normalized spacial score (nSPS) is 21.4. The largest absolute Gasteiger partial charge is 0.0885 e. The van der Waals surface area contributed by atoms with Crippen molar-refractivity contribution in [2.75, 3.05) is 0 Å². The Balaban J connectivity index is 1.86. The molecule has 0 spiro atoms. The van der Waals surface area contributed by atoms with Gasteiger partial charge in [-0.15, -0.1) is 0 Å². The topological polar surface area (TPSA) is 0 Å². The van der Waals surface area contributed by atoms with Crippen molar-refractivity contribution in [1.82, 2.24) is 0 Å². The Labute approximate surface area is 89.8 Å². The van der Waals surface area contributed by atoms with E-state index in [1.807, 2.05) is 0 Å². The molecule has 0 heteroatoms. The third-order valence-electron chi connectivity index (χ3n) is 3.34. The summed E-state index contributed by atoms with van der Waals surface area (Å²) in [6, 6.07) is 0. The summed E-state index contributed by atoms with van der Waals surface area (Å²) in [6.07, 6.45) is 19.0. The van der Waals surface area contributed by atoms with E-state index in [1.165, 1.54) is 64.2 Å². The van der Waals surface area contributed by atoms with Gasteiger partial charge in [0.1, 0.15) is 0 Å². The predicted octanol–water partition coefficient (Wildman–Crippen LogP) is 5.09. The second-order valence-corrected chi connectivity index (χ2v) is 4.71. The van der Waals surface area contributed by atoms with Crippen molar-refractivity contribution in [3.8, 4) is 0 Å². The van der Waals surface area contributed by atoms with Gasteiger partial charge in [0, 0.05) is 0 Å². The summed E-state index contributed by atoms with van der Waals surface area (Å²) in [6.45, 7) is 2.29. The van der Waals surface area contributed by atoms with Gasteiger partial charge < -0.3 is 0 Å². The quantitative estimate of drug-likeness (QED) is 0.391. The van der Waals surface area contributed by atoms with Crippen molar-refractivity contribution in [2.45, 2.75) is 71.1 Å². The number of allylic oxidation sites excluding steroid dienone is 2. The van der Waals surface area contributed by atoms with E-state index in [-0.39, 0.29) is 0 Å². The predicted molar refractivity (Wildman–Crippen MR) is 64.5 cm³/mol. The molecule has 0 aromatic carbocycles. The molecule has 0 aromatic rings. The van der Waals surface area contributed by atoms with Crippen molar-refractivity contribution in [1.29, 1.82) is 0 Å². The second kappa shape index (κ2) is 8.08. The minimum atomic E-state index is 1.02. The molecule has 0 bridgehead atoms. The maximum Gasteiger partial charge on any atom is -0.0322 e. The molecule has 0 fully saturated rings. The van der Waals surface area contributed by atoms with Crippen LogP contribution in [0.3, 0.4) is 0 Å². The molecule has 0 amide bonds. The highest BCUT2D eigenvalue weighted by atomic mass is 14.1. The lowest BCUT2D eigenvalue weighted by atomic mass is 9.89. The highest BCUT2D eigenvalue weighted by molar-refractivity contribution is 4.89. The number of unbranched alkanes of at least 4 members (excludes halogenated alkanes) is 5. The molecule has 14 heavy (non-hydrogen) atoms. The molecule has 0 saturated heterocycles. The molecule has 1 aliphatic rings. The third kappa shape index (κ3) is 5.47. The van der Waals surface area contributed by atoms with E-state index >= 15 is 0 Å². The smallest absolute Gasteiger partial charge is 0.0322 e. The maximum absolute atomic E-state index is 2.38. The van der Waals surface area contributed by atoms with Crippen LogP contribution in [0.5, 0.6) is 0 Å². The van der Waals surface area contributed by atoms with Gasteiger partial charge in [-0.25, -0.2) is 0 Å². The monoisotopic (exact) mass is 194 g/mol. The first-order valence-corrected chi connectivity index (χ1v) is 6.58. The van der Waals surface area contributed by atoms with Gasteiger partial charge in [-0.3, -0.25) is 0 Å². The number of rotatable bonds is 7. The van der Waals surface area contributed by atoms with Gasteiger partial charge in [-0.2, -0.15) is 0 Å². The van der Waals surface area contributed by atoms with Gasteiger partial charge >= 0.3 is 0 Å². The van der Waals surface area contributed by atoms with Crippen LogP contribution in [0.15, 0.2) is 12.2 Å². The lowest BCUT2D eigenvalue weighted by Gasteiger charge is -2.17. The fourth-order valence-corrected chi connectivity index (χ4v) is 2.33. The summed E-state index contributed by atoms with van der Waals surface area (Å²) in [5.41, 5.74) is 0. The Kier molecular flexibility index (Phi) is 6.82. The summed E-state index contributed by atoms with van der Waals surface area (Å²) in [5.74, 6) is 1.02. The Morgan fingerprint density at radius 2 is 1.79 bits per heavy atom. The molecule has 1 aliphatic carbocycles. The van der Waals surface area contributed by atoms with Crippen molar-refractivity contribution in [3.05, 3.63) is 12.2 Å². The van der Waals surface area contributed by atoms with Crippen LogP contribution < -0.4 is 0 Å². The Hall–Kier alpha value is -0.260. The summed E-state index contributed by atoms with van der Waals surface area (Å²) in [4.78, 5) is 0. The number of hydrogen-bond donors (Lipinski definition) is 0. The minimum absolute atomic E-state index is 1.02. The highest BCUT2D eigenvalue weighted by Gasteiger charge is 2.08. The van der Waals surface area contributed by atoms with Crippen LogP contribution in [-0.2, 0) is 0 Å². The molecule has 0 aliphatic heterocycles. The van der Waals surface area contributed by atoms with Crippen LogP contribution >= 0.6 is 0 Å². The summed E-state index contributed by atoms with van der Waals surface area (Å²) in [7, 11) is 0. The van der Waals surface area contributed by atoms with E-state index in [0.717, 1.165) is 5.92 Å². The fraction of sp³-hybridized carbons (Fsp3) is 0.857. The molecule has 0 aromatic heterocycles. The summed E-state index contributed by atoms with van der Waals surface area (Å²) >= 11 is 0. The zero-order valence-corrected chi connectivity index (χ0v) is 9.80. The molecule has 0 heterocycles. The van der Waals surface area contributed by atoms with Crippen LogP contribution in [-0.4, -0.2) is 0 Å².